The highest BCUT2D eigenvalue weighted by Gasteiger charge is 2.50. The highest BCUT2D eigenvalue weighted by atomic mass is 35.5. The number of nitrogens with one attached hydrogen (secondary N) is 2. The Morgan fingerprint density at radius 3 is 2.27 bits per heavy atom. The number of halogens is 1. The van der Waals surface area contributed by atoms with Gasteiger partial charge in [-0.3, -0.25) is 4.79 Å². The molecular weight excluding hydrogens is 402 g/mol. The lowest BCUT2D eigenvalue weighted by Gasteiger charge is -2.51. The van der Waals surface area contributed by atoms with Crippen molar-refractivity contribution in [2.75, 3.05) is 19.6 Å². The van der Waals surface area contributed by atoms with Crippen molar-refractivity contribution >= 4 is 23.5 Å². The van der Waals surface area contributed by atoms with E-state index in [0.29, 0.717) is 37.0 Å². The molecule has 168 valence electrons. The van der Waals surface area contributed by atoms with Crippen LogP contribution in [-0.4, -0.2) is 47.6 Å². The van der Waals surface area contributed by atoms with E-state index in [2.05, 4.69) is 10.6 Å². The van der Waals surface area contributed by atoms with E-state index in [0.717, 1.165) is 5.56 Å². The van der Waals surface area contributed by atoms with Gasteiger partial charge in [0.2, 0.25) is 5.91 Å². The third-order valence-electron chi connectivity index (χ3n) is 5.97. The van der Waals surface area contributed by atoms with E-state index in [1.807, 2.05) is 53.7 Å². The van der Waals surface area contributed by atoms with E-state index in [4.69, 9.17) is 11.6 Å². The van der Waals surface area contributed by atoms with Gasteiger partial charge in [-0.25, -0.2) is 4.79 Å². The van der Waals surface area contributed by atoms with Gasteiger partial charge in [-0.05, 0) is 36.0 Å². The fraction of sp³-hybridized carbons (Fsp3) is 0.652. The summed E-state index contributed by atoms with van der Waals surface area (Å²) in [5.74, 6) is 0.163. The van der Waals surface area contributed by atoms with Gasteiger partial charge in [-0.15, -0.1) is 0 Å². The molecule has 3 N–H and O–H groups in total. The van der Waals surface area contributed by atoms with Crippen LogP contribution in [0.2, 0.25) is 5.02 Å². The summed E-state index contributed by atoms with van der Waals surface area (Å²) in [5.41, 5.74) is -0.837. The highest BCUT2D eigenvalue weighted by molar-refractivity contribution is 6.30. The SMILES string of the molecule is CC(C)CNC(=O)NC(C(=O)N1CCC(O)(c2ccc(Cl)cc2)C(C)(C)C1)C(C)C. The Hall–Kier alpha value is -1.79. The molecule has 0 aromatic heterocycles. The standard InChI is InChI=1S/C23H36ClN3O3/c1-15(2)13-25-21(29)26-19(16(3)4)20(28)27-12-11-23(30,22(5,6)14-27)17-7-9-18(24)10-8-17/h7-10,15-16,19,30H,11-14H2,1-6H3,(H2,25,26,29). The Labute approximate surface area is 185 Å². The number of hydrogen-bond acceptors (Lipinski definition) is 3. The topological polar surface area (TPSA) is 81.7 Å². The van der Waals surface area contributed by atoms with E-state index >= 15 is 0 Å². The van der Waals surface area contributed by atoms with E-state index in [1.54, 1.807) is 17.0 Å². The molecule has 2 atom stereocenters. The molecule has 1 heterocycles. The molecule has 2 rings (SSSR count). The number of amides is 3. The monoisotopic (exact) mass is 437 g/mol. The molecule has 1 fully saturated rings. The Bertz CT molecular complexity index is 749. The predicted octanol–water partition coefficient (Wildman–Crippen LogP) is 3.77. The van der Waals surface area contributed by atoms with Crippen LogP contribution in [0.5, 0.6) is 0 Å². The fourth-order valence-electron chi connectivity index (χ4n) is 3.97. The number of aliphatic hydroxyl groups is 1. The van der Waals surface area contributed by atoms with Gasteiger partial charge in [0.05, 0.1) is 5.60 Å². The zero-order valence-corrected chi connectivity index (χ0v) is 19.7. The molecule has 0 bridgehead atoms. The Morgan fingerprint density at radius 2 is 1.77 bits per heavy atom. The second-order valence-corrected chi connectivity index (χ2v) is 10.2. The van der Waals surface area contributed by atoms with E-state index in [9.17, 15) is 14.7 Å². The van der Waals surface area contributed by atoms with Crippen molar-refractivity contribution in [3.8, 4) is 0 Å². The van der Waals surface area contributed by atoms with Crippen LogP contribution < -0.4 is 10.6 Å². The minimum Gasteiger partial charge on any atom is -0.384 e. The lowest BCUT2D eigenvalue weighted by molar-refractivity contribution is -0.155. The van der Waals surface area contributed by atoms with Crippen LogP contribution in [0.15, 0.2) is 24.3 Å². The van der Waals surface area contributed by atoms with Crippen LogP contribution in [0.25, 0.3) is 0 Å². The number of likely N-dealkylation sites (tertiary alicyclic amines) is 1. The molecule has 1 aromatic carbocycles. The number of hydrogen-bond donors (Lipinski definition) is 3. The number of benzene rings is 1. The molecule has 0 saturated carbocycles. The molecular formula is C23H36ClN3O3. The Balaban J connectivity index is 2.13. The van der Waals surface area contributed by atoms with Crippen LogP contribution >= 0.6 is 11.6 Å². The number of nitrogens with zero attached hydrogens (tertiary/aromatic N) is 1. The summed E-state index contributed by atoms with van der Waals surface area (Å²) in [6.45, 7) is 13.2. The highest BCUT2D eigenvalue weighted by Crippen LogP contribution is 2.46. The van der Waals surface area contributed by atoms with Crippen molar-refractivity contribution in [1.82, 2.24) is 15.5 Å². The maximum atomic E-state index is 13.3. The van der Waals surface area contributed by atoms with Gasteiger partial charge in [0.15, 0.2) is 0 Å². The van der Waals surface area contributed by atoms with Crippen LogP contribution in [0.4, 0.5) is 4.79 Å². The lowest BCUT2D eigenvalue weighted by atomic mass is 9.66. The first-order valence-corrected chi connectivity index (χ1v) is 11.1. The maximum absolute atomic E-state index is 13.3. The first kappa shape index (κ1) is 24.5. The molecule has 1 saturated heterocycles. The largest absolute Gasteiger partial charge is 0.384 e. The first-order chi connectivity index (χ1) is 13.9. The molecule has 30 heavy (non-hydrogen) atoms. The smallest absolute Gasteiger partial charge is 0.315 e. The van der Waals surface area contributed by atoms with Crippen molar-refractivity contribution < 1.29 is 14.7 Å². The summed E-state index contributed by atoms with van der Waals surface area (Å²) in [5, 5.41) is 17.8. The number of carbonyl (C=O) groups is 2. The maximum Gasteiger partial charge on any atom is 0.315 e. The van der Waals surface area contributed by atoms with Gasteiger partial charge < -0.3 is 20.6 Å². The van der Waals surface area contributed by atoms with Crippen LogP contribution in [0.3, 0.4) is 0 Å². The number of urea groups is 1. The average molecular weight is 438 g/mol. The molecule has 0 spiro atoms. The Kier molecular flexibility index (Phi) is 7.80. The molecule has 0 radical (unpaired) electrons. The molecule has 0 aliphatic carbocycles. The third kappa shape index (κ3) is 5.46. The second kappa shape index (κ2) is 9.56. The summed E-state index contributed by atoms with van der Waals surface area (Å²) < 4.78 is 0. The summed E-state index contributed by atoms with van der Waals surface area (Å²) in [6, 6.07) is 6.30. The first-order valence-electron chi connectivity index (χ1n) is 10.7. The van der Waals surface area contributed by atoms with E-state index in [1.165, 1.54) is 0 Å². The normalized spacial score (nSPS) is 22.1. The lowest BCUT2D eigenvalue weighted by Crippen LogP contribution is -2.61. The predicted molar refractivity (Wildman–Crippen MR) is 120 cm³/mol. The molecule has 3 amide bonds. The zero-order chi connectivity index (χ0) is 22.7. The molecule has 7 heteroatoms. The van der Waals surface area contributed by atoms with Crippen molar-refractivity contribution in [3.05, 3.63) is 34.9 Å². The van der Waals surface area contributed by atoms with Crippen molar-refractivity contribution in [1.29, 1.82) is 0 Å². The van der Waals surface area contributed by atoms with Crippen LogP contribution in [0.1, 0.15) is 53.5 Å². The minimum atomic E-state index is -1.07. The van der Waals surface area contributed by atoms with Crippen molar-refractivity contribution in [3.63, 3.8) is 0 Å². The van der Waals surface area contributed by atoms with Gasteiger partial charge in [-0.1, -0.05) is 65.3 Å². The quantitative estimate of drug-likeness (QED) is 0.633. The molecule has 2 unspecified atom stereocenters. The molecule has 1 aliphatic rings. The van der Waals surface area contributed by atoms with Crippen molar-refractivity contribution in [2.45, 2.75) is 59.6 Å². The summed E-state index contributed by atoms with van der Waals surface area (Å²) >= 11 is 6.00. The molecule has 1 aromatic rings. The van der Waals surface area contributed by atoms with Gasteiger partial charge in [0, 0.05) is 30.1 Å². The number of carbonyl (C=O) groups excluding carboxylic acids is 2. The van der Waals surface area contributed by atoms with Gasteiger partial charge in [0.25, 0.3) is 0 Å². The molecule has 6 nitrogen and oxygen atoms in total. The van der Waals surface area contributed by atoms with E-state index < -0.39 is 17.1 Å². The average Bonchev–Trinajstić information content (AvgIpc) is 2.66. The second-order valence-electron chi connectivity index (χ2n) is 9.73. The minimum absolute atomic E-state index is 0.0533. The van der Waals surface area contributed by atoms with Gasteiger partial charge in [-0.2, -0.15) is 0 Å². The van der Waals surface area contributed by atoms with Crippen LogP contribution in [0, 0.1) is 17.3 Å². The zero-order valence-electron chi connectivity index (χ0n) is 19.0. The van der Waals surface area contributed by atoms with Gasteiger partial charge >= 0.3 is 6.03 Å². The van der Waals surface area contributed by atoms with Gasteiger partial charge in [0.1, 0.15) is 6.04 Å². The summed E-state index contributed by atoms with van der Waals surface area (Å²) in [6.07, 6.45) is 0.414. The van der Waals surface area contributed by atoms with Crippen molar-refractivity contribution in [2.24, 2.45) is 17.3 Å². The summed E-state index contributed by atoms with van der Waals surface area (Å²) in [7, 11) is 0. The van der Waals surface area contributed by atoms with E-state index in [-0.39, 0.29) is 17.9 Å². The molecule has 1 aliphatic heterocycles. The Morgan fingerprint density at radius 1 is 1.17 bits per heavy atom. The third-order valence-corrected chi connectivity index (χ3v) is 6.22. The number of rotatable bonds is 6. The summed E-state index contributed by atoms with van der Waals surface area (Å²) in [4.78, 5) is 27.3. The van der Waals surface area contributed by atoms with Crippen LogP contribution in [-0.2, 0) is 10.4 Å². The fourth-order valence-corrected chi connectivity index (χ4v) is 4.10. The number of piperidine rings is 1.